The Morgan fingerprint density at radius 3 is 2.75 bits per heavy atom. The summed E-state index contributed by atoms with van der Waals surface area (Å²) >= 11 is 0. The zero-order valence-electron chi connectivity index (χ0n) is 12.3. The number of hydrogen-bond acceptors (Lipinski definition) is 3. The van der Waals surface area contributed by atoms with Crippen molar-refractivity contribution in [2.75, 3.05) is 25.6 Å². The number of aryl methyl sites for hydroxylation is 1. The zero-order chi connectivity index (χ0) is 14.2. The molecule has 1 aromatic heterocycles. The van der Waals surface area contributed by atoms with Gasteiger partial charge in [-0.1, -0.05) is 25.5 Å². The van der Waals surface area contributed by atoms with Gasteiger partial charge in [-0.2, -0.15) is 0 Å². The summed E-state index contributed by atoms with van der Waals surface area (Å²) in [4.78, 5) is 4.33. The van der Waals surface area contributed by atoms with Gasteiger partial charge in [-0.15, -0.1) is 0 Å². The van der Waals surface area contributed by atoms with Gasteiger partial charge in [0.25, 0.3) is 0 Å². The van der Waals surface area contributed by atoms with Crippen LogP contribution >= 0.6 is 0 Å². The van der Waals surface area contributed by atoms with Crippen LogP contribution in [0.5, 0.6) is 0 Å². The summed E-state index contributed by atoms with van der Waals surface area (Å²) in [6.45, 7) is 3.64. The van der Waals surface area contributed by atoms with Crippen LogP contribution in [0.1, 0.15) is 25.3 Å². The fourth-order valence-electron chi connectivity index (χ4n) is 2.11. The number of nitrogens with one attached hydrogen (secondary N) is 1. The first-order valence-electron chi connectivity index (χ1n) is 7.20. The van der Waals surface area contributed by atoms with Crippen molar-refractivity contribution in [2.24, 2.45) is 0 Å². The molecule has 0 spiro atoms. The van der Waals surface area contributed by atoms with Crippen molar-refractivity contribution in [3.8, 4) is 5.69 Å². The van der Waals surface area contributed by atoms with Gasteiger partial charge in [-0.25, -0.2) is 4.98 Å². The molecule has 108 valence electrons. The third-order valence-electron chi connectivity index (χ3n) is 3.26. The second-order valence-corrected chi connectivity index (χ2v) is 4.81. The molecule has 0 aliphatic heterocycles. The van der Waals surface area contributed by atoms with E-state index in [2.05, 4.69) is 46.1 Å². The Morgan fingerprint density at radius 2 is 2.05 bits per heavy atom. The van der Waals surface area contributed by atoms with Crippen molar-refractivity contribution in [2.45, 2.75) is 26.2 Å². The minimum absolute atomic E-state index is 0.669. The van der Waals surface area contributed by atoms with E-state index in [9.17, 15) is 0 Å². The summed E-state index contributed by atoms with van der Waals surface area (Å²) in [5.74, 6) is 0.850. The first-order valence-corrected chi connectivity index (χ1v) is 7.20. The Labute approximate surface area is 120 Å². The lowest BCUT2D eigenvalue weighted by Crippen LogP contribution is -2.11. The quantitative estimate of drug-likeness (QED) is 0.750. The Bertz CT molecular complexity index is 505. The molecule has 0 saturated heterocycles. The molecule has 4 heteroatoms. The Hall–Kier alpha value is -1.81. The van der Waals surface area contributed by atoms with E-state index < -0.39 is 0 Å². The number of rotatable bonds is 8. The van der Waals surface area contributed by atoms with Gasteiger partial charge in [-0.3, -0.25) is 4.57 Å². The van der Waals surface area contributed by atoms with E-state index in [1.54, 1.807) is 13.3 Å². The molecule has 1 heterocycles. The van der Waals surface area contributed by atoms with Gasteiger partial charge in [0.1, 0.15) is 0 Å². The highest BCUT2D eigenvalue weighted by atomic mass is 16.5. The summed E-state index contributed by atoms with van der Waals surface area (Å²) in [6, 6.07) is 8.69. The summed E-state index contributed by atoms with van der Waals surface area (Å²) in [5, 5.41) is 3.27. The molecule has 0 aliphatic rings. The Balaban J connectivity index is 2.05. The number of nitrogens with zero attached hydrogens (tertiary/aromatic N) is 2. The lowest BCUT2D eigenvalue weighted by Gasteiger charge is -2.10. The summed E-state index contributed by atoms with van der Waals surface area (Å²) < 4.78 is 7.09. The summed E-state index contributed by atoms with van der Waals surface area (Å²) in [7, 11) is 1.70. The van der Waals surface area contributed by atoms with E-state index >= 15 is 0 Å². The lowest BCUT2D eigenvalue weighted by atomic mass is 10.1. The number of imidazole rings is 1. The second kappa shape index (κ2) is 7.70. The van der Waals surface area contributed by atoms with Gasteiger partial charge >= 0.3 is 0 Å². The van der Waals surface area contributed by atoms with E-state index in [1.165, 1.54) is 18.4 Å². The van der Waals surface area contributed by atoms with E-state index in [4.69, 9.17) is 4.74 Å². The molecule has 0 radical (unpaired) electrons. The standard InChI is InChI=1S/C16H23N3O/c1-3-4-5-14-6-8-15(9-7-14)19-12-10-17-16(19)18-11-13-20-2/h6-10,12H,3-5,11,13H2,1-2H3,(H,17,18). The number of anilines is 1. The SMILES string of the molecule is CCCCc1ccc(-n2ccnc2NCCOC)cc1. The smallest absolute Gasteiger partial charge is 0.207 e. The molecule has 4 nitrogen and oxygen atoms in total. The molecule has 0 unspecified atom stereocenters. The molecule has 0 amide bonds. The maximum absolute atomic E-state index is 5.04. The number of ether oxygens (including phenoxy) is 1. The first kappa shape index (κ1) is 14.6. The molecule has 1 aromatic carbocycles. The van der Waals surface area contributed by atoms with Gasteiger partial charge in [0, 0.05) is 31.7 Å². The van der Waals surface area contributed by atoms with Crippen molar-refractivity contribution >= 4 is 5.95 Å². The van der Waals surface area contributed by atoms with Crippen molar-refractivity contribution < 1.29 is 4.74 Å². The Kier molecular flexibility index (Phi) is 5.62. The van der Waals surface area contributed by atoms with Crippen LogP contribution in [0.2, 0.25) is 0 Å². The van der Waals surface area contributed by atoms with Crippen LogP contribution in [-0.4, -0.2) is 29.8 Å². The number of aromatic nitrogens is 2. The molecular formula is C16H23N3O. The zero-order valence-corrected chi connectivity index (χ0v) is 12.3. The Morgan fingerprint density at radius 1 is 1.25 bits per heavy atom. The van der Waals surface area contributed by atoms with Gasteiger partial charge in [-0.05, 0) is 30.5 Å². The maximum atomic E-state index is 5.04. The molecule has 1 N–H and O–H groups in total. The first-order chi connectivity index (χ1) is 9.85. The van der Waals surface area contributed by atoms with E-state index in [-0.39, 0.29) is 0 Å². The predicted molar refractivity (Wildman–Crippen MR) is 82.5 cm³/mol. The number of benzene rings is 1. The molecule has 20 heavy (non-hydrogen) atoms. The van der Waals surface area contributed by atoms with E-state index in [0.29, 0.717) is 6.61 Å². The molecule has 2 aromatic rings. The van der Waals surface area contributed by atoms with E-state index in [0.717, 1.165) is 24.6 Å². The van der Waals surface area contributed by atoms with Crippen molar-refractivity contribution in [3.63, 3.8) is 0 Å². The molecule has 0 aliphatic carbocycles. The molecule has 2 rings (SSSR count). The average molecular weight is 273 g/mol. The molecule has 0 fully saturated rings. The molecular weight excluding hydrogens is 250 g/mol. The van der Waals surface area contributed by atoms with Crippen LogP contribution < -0.4 is 5.32 Å². The normalized spacial score (nSPS) is 10.7. The third-order valence-corrected chi connectivity index (χ3v) is 3.26. The largest absolute Gasteiger partial charge is 0.383 e. The van der Waals surface area contributed by atoms with Crippen molar-refractivity contribution in [1.82, 2.24) is 9.55 Å². The molecule has 0 bridgehead atoms. The van der Waals surface area contributed by atoms with Crippen LogP contribution in [0.25, 0.3) is 5.69 Å². The predicted octanol–water partition coefficient (Wildman–Crippen LogP) is 3.27. The third kappa shape index (κ3) is 3.84. The minimum Gasteiger partial charge on any atom is -0.383 e. The fraction of sp³-hybridized carbons (Fsp3) is 0.438. The highest BCUT2D eigenvalue weighted by Gasteiger charge is 2.04. The average Bonchev–Trinajstić information content (AvgIpc) is 2.94. The monoisotopic (exact) mass is 273 g/mol. The second-order valence-electron chi connectivity index (χ2n) is 4.81. The number of methoxy groups -OCH3 is 1. The highest BCUT2D eigenvalue weighted by molar-refractivity contribution is 5.42. The topological polar surface area (TPSA) is 39.1 Å². The van der Waals surface area contributed by atoms with Crippen molar-refractivity contribution in [3.05, 3.63) is 42.2 Å². The highest BCUT2D eigenvalue weighted by Crippen LogP contribution is 2.16. The van der Waals surface area contributed by atoms with Gasteiger partial charge < -0.3 is 10.1 Å². The van der Waals surface area contributed by atoms with Gasteiger partial charge in [0.05, 0.1) is 6.61 Å². The van der Waals surface area contributed by atoms with Gasteiger partial charge in [0.2, 0.25) is 5.95 Å². The maximum Gasteiger partial charge on any atom is 0.207 e. The van der Waals surface area contributed by atoms with Crippen LogP contribution in [0.15, 0.2) is 36.7 Å². The van der Waals surface area contributed by atoms with Crippen LogP contribution in [0.4, 0.5) is 5.95 Å². The summed E-state index contributed by atoms with van der Waals surface area (Å²) in [5.41, 5.74) is 2.52. The number of unbranched alkanes of at least 4 members (excludes halogenated alkanes) is 1. The number of hydrogen-bond donors (Lipinski definition) is 1. The van der Waals surface area contributed by atoms with E-state index in [1.807, 2.05) is 6.20 Å². The van der Waals surface area contributed by atoms with Gasteiger partial charge in [0.15, 0.2) is 0 Å². The molecule has 0 atom stereocenters. The molecule has 0 saturated carbocycles. The van der Waals surface area contributed by atoms with Crippen LogP contribution in [-0.2, 0) is 11.2 Å². The minimum atomic E-state index is 0.669. The van der Waals surface area contributed by atoms with Crippen LogP contribution in [0.3, 0.4) is 0 Å². The van der Waals surface area contributed by atoms with Crippen molar-refractivity contribution in [1.29, 1.82) is 0 Å². The van der Waals surface area contributed by atoms with Crippen LogP contribution in [0, 0.1) is 0 Å². The fourth-order valence-corrected chi connectivity index (χ4v) is 2.11. The lowest BCUT2D eigenvalue weighted by molar-refractivity contribution is 0.210. The summed E-state index contributed by atoms with van der Waals surface area (Å²) in [6.07, 6.45) is 7.40.